The summed E-state index contributed by atoms with van der Waals surface area (Å²) in [6.07, 6.45) is 5.21. The highest BCUT2D eigenvalue weighted by Gasteiger charge is 2.10. The Bertz CT molecular complexity index is 688. The maximum absolute atomic E-state index is 5.90. The molecular formula is C13H12N4O. The van der Waals surface area contributed by atoms with Crippen LogP contribution in [-0.2, 0) is 0 Å². The fraction of sp³-hybridized carbons (Fsp3) is 0.0769. The van der Waals surface area contributed by atoms with Crippen molar-refractivity contribution in [3.63, 3.8) is 0 Å². The molecule has 5 heteroatoms. The van der Waals surface area contributed by atoms with Crippen molar-refractivity contribution < 1.29 is 4.74 Å². The summed E-state index contributed by atoms with van der Waals surface area (Å²) in [6, 6.07) is 7.70. The lowest BCUT2D eigenvalue weighted by molar-refractivity contribution is 0.415. The number of fused-ring (bicyclic) bond motifs is 1. The van der Waals surface area contributed by atoms with E-state index in [1.807, 2.05) is 34.9 Å². The first kappa shape index (κ1) is 10.6. The van der Waals surface area contributed by atoms with E-state index < -0.39 is 0 Å². The Kier molecular flexibility index (Phi) is 2.37. The monoisotopic (exact) mass is 240 g/mol. The van der Waals surface area contributed by atoms with E-state index in [1.165, 1.54) is 0 Å². The standard InChI is InChI=1S/C13H12N4O/c1-18-10-4-2-9(3-5-10)11-12-13(14)15-6-7-17(12)8-16-11/h2-8H,1H3,(H2,14,15). The molecular weight excluding hydrogens is 228 g/mol. The summed E-state index contributed by atoms with van der Waals surface area (Å²) in [4.78, 5) is 8.48. The second-order valence-electron chi connectivity index (χ2n) is 3.89. The summed E-state index contributed by atoms with van der Waals surface area (Å²) in [6.45, 7) is 0. The Morgan fingerprint density at radius 3 is 2.67 bits per heavy atom. The number of nitrogen functional groups attached to an aromatic ring is 1. The molecule has 0 unspecified atom stereocenters. The number of benzene rings is 1. The minimum atomic E-state index is 0.473. The lowest BCUT2D eigenvalue weighted by Gasteiger charge is -2.03. The van der Waals surface area contributed by atoms with Crippen LogP contribution in [0.25, 0.3) is 16.8 Å². The third-order valence-electron chi connectivity index (χ3n) is 2.84. The summed E-state index contributed by atoms with van der Waals surface area (Å²) in [7, 11) is 1.64. The smallest absolute Gasteiger partial charge is 0.150 e. The number of ether oxygens (including phenoxy) is 1. The number of rotatable bonds is 2. The quantitative estimate of drug-likeness (QED) is 0.744. The Labute approximate surface area is 104 Å². The van der Waals surface area contributed by atoms with Crippen molar-refractivity contribution in [2.45, 2.75) is 0 Å². The van der Waals surface area contributed by atoms with Gasteiger partial charge in [0, 0.05) is 18.0 Å². The first-order valence-electron chi connectivity index (χ1n) is 5.51. The van der Waals surface area contributed by atoms with Crippen molar-refractivity contribution in [3.8, 4) is 17.0 Å². The lowest BCUT2D eigenvalue weighted by Crippen LogP contribution is -1.95. The number of anilines is 1. The second-order valence-corrected chi connectivity index (χ2v) is 3.89. The molecule has 2 heterocycles. The molecule has 0 aliphatic carbocycles. The van der Waals surface area contributed by atoms with E-state index in [-0.39, 0.29) is 0 Å². The van der Waals surface area contributed by atoms with Gasteiger partial charge in [-0.15, -0.1) is 0 Å². The number of hydrogen-bond donors (Lipinski definition) is 1. The second kappa shape index (κ2) is 4.03. The molecule has 0 aliphatic rings. The number of aromatic nitrogens is 3. The van der Waals surface area contributed by atoms with Crippen LogP contribution in [0.5, 0.6) is 5.75 Å². The van der Waals surface area contributed by atoms with E-state index in [4.69, 9.17) is 10.5 Å². The topological polar surface area (TPSA) is 65.4 Å². The number of nitrogens with zero attached hydrogens (tertiary/aromatic N) is 3. The average Bonchev–Trinajstić information content (AvgIpc) is 2.84. The zero-order valence-corrected chi connectivity index (χ0v) is 9.87. The molecule has 2 N–H and O–H groups in total. The minimum absolute atomic E-state index is 0.473. The summed E-state index contributed by atoms with van der Waals surface area (Å²) in [5.74, 6) is 1.29. The molecule has 0 radical (unpaired) electrons. The van der Waals surface area contributed by atoms with Crippen molar-refractivity contribution >= 4 is 11.3 Å². The van der Waals surface area contributed by atoms with Crippen molar-refractivity contribution in [3.05, 3.63) is 43.0 Å². The van der Waals surface area contributed by atoms with Gasteiger partial charge in [0.05, 0.1) is 12.8 Å². The highest BCUT2D eigenvalue weighted by molar-refractivity contribution is 5.84. The molecule has 5 nitrogen and oxygen atoms in total. The molecule has 18 heavy (non-hydrogen) atoms. The molecule has 0 amide bonds. The van der Waals surface area contributed by atoms with E-state index >= 15 is 0 Å². The van der Waals surface area contributed by atoms with E-state index in [1.54, 1.807) is 19.6 Å². The van der Waals surface area contributed by atoms with Crippen LogP contribution in [0.4, 0.5) is 5.82 Å². The number of imidazole rings is 1. The molecule has 2 aromatic heterocycles. The molecule has 3 aromatic rings. The van der Waals surface area contributed by atoms with E-state index in [9.17, 15) is 0 Å². The molecule has 3 rings (SSSR count). The van der Waals surface area contributed by atoms with Gasteiger partial charge in [-0.3, -0.25) is 0 Å². The average molecular weight is 240 g/mol. The normalized spacial score (nSPS) is 10.7. The van der Waals surface area contributed by atoms with Crippen LogP contribution in [0, 0.1) is 0 Å². The summed E-state index contributed by atoms with van der Waals surface area (Å²) in [5, 5.41) is 0. The minimum Gasteiger partial charge on any atom is -0.497 e. The van der Waals surface area contributed by atoms with Gasteiger partial charge < -0.3 is 14.9 Å². The maximum Gasteiger partial charge on any atom is 0.150 e. The van der Waals surface area contributed by atoms with Crippen molar-refractivity contribution in [1.82, 2.24) is 14.4 Å². The van der Waals surface area contributed by atoms with Crippen LogP contribution in [0.2, 0.25) is 0 Å². The molecule has 0 saturated carbocycles. The summed E-state index contributed by atoms with van der Waals surface area (Å²) < 4.78 is 7.00. The lowest BCUT2D eigenvalue weighted by atomic mass is 10.1. The summed E-state index contributed by atoms with van der Waals surface area (Å²) >= 11 is 0. The molecule has 0 saturated heterocycles. The number of hydrogen-bond acceptors (Lipinski definition) is 4. The highest BCUT2D eigenvalue weighted by atomic mass is 16.5. The molecule has 0 aliphatic heterocycles. The van der Waals surface area contributed by atoms with Crippen molar-refractivity contribution in [2.24, 2.45) is 0 Å². The fourth-order valence-corrected chi connectivity index (χ4v) is 1.93. The Hall–Kier alpha value is -2.56. The van der Waals surface area contributed by atoms with Gasteiger partial charge in [-0.05, 0) is 24.3 Å². The van der Waals surface area contributed by atoms with Crippen molar-refractivity contribution in [1.29, 1.82) is 0 Å². The molecule has 1 aromatic carbocycles. The predicted octanol–water partition coefficient (Wildman–Crippen LogP) is 1.99. The van der Waals surface area contributed by atoms with E-state index in [2.05, 4.69) is 9.97 Å². The van der Waals surface area contributed by atoms with E-state index in [0.29, 0.717) is 5.82 Å². The van der Waals surface area contributed by atoms with Gasteiger partial charge >= 0.3 is 0 Å². The Balaban J connectivity index is 2.18. The van der Waals surface area contributed by atoms with Crippen LogP contribution in [0.1, 0.15) is 0 Å². The maximum atomic E-state index is 5.90. The SMILES string of the molecule is COc1ccc(-c2ncn3ccnc(N)c23)cc1. The van der Waals surface area contributed by atoms with Crippen molar-refractivity contribution in [2.75, 3.05) is 12.8 Å². The van der Waals surface area contributed by atoms with Crippen LogP contribution in [0.3, 0.4) is 0 Å². The highest BCUT2D eigenvalue weighted by Crippen LogP contribution is 2.27. The molecule has 0 atom stereocenters. The van der Waals surface area contributed by atoms with Gasteiger partial charge in [0.25, 0.3) is 0 Å². The van der Waals surface area contributed by atoms with Gasteiger partial charge in [-0.1, -0.05) is 0 Å². The van der Waals surface area contributed by atoms with Gasteiger partial charge in [0.2, 0.25) is 0 Å². The molecule has 0 fully saturated rings. The zero-order valence-electron chi connectivity index (χ0n) is 9.87. The predicted molar refractivity (Wildman–Crippen MR) is 69.4 cm³/mol. The third kappa shape index (κ3) is 1.57. The molecule has 0 spiro atoms. The summed E-state index contributed by atoms with van der Waals surface area (Å²) in [5.41, 5.74) is 8.53. The third-order valence-corrected chi connectivity index (χ3v) is 2.84. The first-order chi connectivity index (χ1) is 8.79. The van der Waals surface area contributed by atoms with Gasteiger partial charge in [0.15, 0.2) is 0 Å². The Morgan fingerprint density at radius 2 is 1.94 bits per heavy atom. The number of nitrogens with two attached hydrogens (primary N) is 1. The van der Waals surface area contributed by atoms with Gasteiger partial charge in [0.1, 0.15) is 23.4 Å². The van der Waals surface area contributed by atoms with Crippen LogP contribution < -0.4 is 10.5 Å². The van der Waals surface area contributed by atoms with E-state index in [0.717, 1.165) is 22.5 Å². The van der Waals surface area contributed by atoms with Gasteiger partial charge in [-0.2, -0.15) is 0 Å². The van der Waals surface area contributed by atoms with Gasteiger partial charge in [-0.25, -0.2) is 9.97 Å². The van der Waals surface area contributed by atoms with Crippen LogP contribution in [0.15, 0.2) is 43.0 Å². The largest absolute Gasteiger partial charge is 0.497 e. The van der Waals surface area contributed by atoms with Crippen LogP contribution in [-0.4, -0.2) is 21.5 Å². The van der Waals surface area contributed by atoms with Crippen LogP contribution >= 0.6 is 0 Å². The first-order valence-corrected chi connectivity index (χ1v) is 5.51. The molecule has 90 valence electrons. The Morgan fingerprint density at radius 1 is 1.17 bits per heavy atom. The zero-order chi connectivity index (χ0) is 12.5. The fourth-order valence-electron chi connectivity index (χ4n) is 1.93. The molecule has 0 bridgehead atoms. The number of methoxy groups -OCH3 is 1.